The van der Waals surface area contributed by atoms with Crippen molar-refractivity contribution in [3.8, 4) is 5.75 Å². The molecule has 5 rings (SSSR count). The number of ether oxygens (including phenoxy) is 1. The number of carbonyl (C=O) groups is 3. The maximum atomic E-state index is 14.8. The molecule has 3 amide bonds. The van der Waals surface area contributed by atoms with Gasteiger partial charge in [-0.15, -0.1) is 24.9 Å². The topological polar surface area (TPSA) is 90.4 Å². The molecule has 3 aliphatic rings. The van der Waals surface area contributed by atoms with Gasteiger partial charge in [-0.2, -0.15) is 0 Å². The summed E-state index contributed by atoms with van der Waals surface area (Å²) in [6.45, 7) is 14.1. The third-order valence-electron chi connectivity index (χ3n) is 10.00. The van der Waals surface area contributed by atoms with Crippen LogP contribution in [0.3, 0.4) is 0 Å². The van der Waals surface area contributed by atoms with Gasteiger partial charge in [-0.3, -0.25) is 14.4 Å². The minimum Gasteiger partial charge on any atom is -0.494 e. The molecule has 0 aliphatic carbocycles. The second-order valence-electron chi connectivity index (χ2n) is 13.1. The lowest BCUT2D eigenvalue weighted by Gasteiger charge is -2.38. The lowest BCUT2D eigenvalue weighted by atomic mass is 9.66. The van der Waals surface area contributed by atoms with E-state index >= 15 is 0 Å². The number of amides is 3. The predicted octanol–water partition coefficient (Wildman–Crippen LogP) is 5.85. The number of benzene rings is 2. The first-order valence-electron chi connectivity index (χ1n) is 16.9. The smallest absolute Gasteiger partial charge is 0.247 e. The molecule has 47 heavy (non-hydrogen) atoms. The van der Waals surface area contributed by atoms with Crippen molar-refractivity contribution in [2.75, 3.05) is 37.7 Å². The molecule has 5 atom stereocenters. The first kappa shape index (κ1) is 34.8. The van der Waals surface area contributed by atoms with Crippen LogP contribution in [-0.2, 0) is 20.9 Å². The number of hydrogen-bond donors (Lipinski definition) is 1. The van der Waals surface area contributed by atoms with Crippen LogP contribution in [0.2, 0.25) is 0 Å². The summed E-state index contributed by atoms with van der Waals surface area (Å²) < 4.78 is 4.43. The number of aliphatic hydroxyl groups excluding tert-OH is 1. The zero-order valence-electron chi connectivity index (χ0n) is 27.8. The van der Waals surface area contributed by atoms with E-state index in [4.69, 9.17) is 4.74 Å². The number of carbonyl (C=O) groups excluding carboxylic acids is 3. The molecule has 0 radical (unpaired) electrons. The summed E-state index contributed by atoms with van der Waals surface area (Å²) in [7, 11) is 0. The van der Waals surface area contributed by atoms with E-state index in [1.807, 2.05) is 66.4 Å². The van der Waals surface area contributed by atoms with Gasteiger partial charge in [0, 0.05) is 43.2 Å². The normalized spacial score (nSPS) is 25.8. The van der Waals surface area contributed by atoms with Gasteiger partial charge in [-0.25, -0.2) is 0 Å². The van der Waals surface area contributed by atoms with Gasteiger partial charge in [0.2, 0.25) is 17.7 Å². The summed E-state index contributed by atoms with van der Waals surface area (Å²) in [5.74, 6) is -0.751. The molecule has 252 valence electrons. The number of thioether (sulfide) groups is 1. The standard InChI is InChI=1S/C38H49N3O5S/c1-5-23-39(27-28-15-11-10-12-16-28)36(45)33-38-22-21-37(4,47-38)31(32(38)35(44)41(33)25-13-8-9-14-26-42)34(43)40(24-6-2)29-17-19-30(20-18-29)46-7-3/h5-6,10-12,15-20,31-33,42H,1-2,7-9,13-14,21-27H2,3-4H3/t31-,32-,33?,37+,38?/m0/s1. The molecule has 2 aromatic rings. The number of fused-ring (bicyclic) bond motifs is 1. The molecule has 9 heteroatoms. The fraction of sp³-hybridized carbons (Fsp3) is 0.500. The first-order valence-corrected chi connectivity index (χ1v) is 17.8. The molecule has 3 saturated heterocycles. The quantitative estimate of drug-likeness (QED) is 0.169. The average molecular weight is 660 g/mol. The van der Waals surface area contributed by atoms with Crippen LogP contribution in [0.15, 0.2) is 79.9 Å². The number of unbranched alkanes of at least 4 members (excludes halogenated alkanes) is 3. The Hall–Kier alpha value is -3.56. The predicted molar refractivity (Wildman–Crippen MR) is 188 cm³/mol. The molecular formula is C38H49N3O5S. The van der Waals surface area contributed by atoms with Crippen molar-refractivity contribution in [1.29, 1.82) is 0 Å². The third-order valence-corrected chi connectivity index (χ3v) is 12.0. The summed E-state index contributed by atoms with van der Waals surface area (Å²) in [6, 6.07) is 16.7. The van der Waals surface area contributed by atoms with Gasteiger partial charge < -0.3 is 24.5 Å². The van der Waals surface area contributed by atoms with E-state index in [2.05, 4.69) is 20.1 Å². The zero-order valence-corrected chi connectivity index (χ0v) is 28.6. The molecule has 2 bridgehead atoms. The molecule has 3 heterocycles. The van der Waals surface area contributed by atoms with Crippen molar-refractivity contribution in [1.82, 2.24) is 9.80 Å². The van der Waals surface area contributed by atoms with Crippen LogP contribution < -0.4 is 9.64 Å². The zero-order chi connectivity index (χ0) is 33.6. The highest BCUT2D eigenvalue weighted by molar-refractivity contribution is 8.02. The van der Waals surface area contributed by atoms with Crippen molar-refractivity contribution >= 4 is 35.2 Å². The molecule has 2 aromatic carbocycles. The van der Waals surface area contributed by atoms with Gasteiger partial charge >= 0.3 is 0 Å². The molecule has 8 nitrogen and oxygen atoms in total. The molecule has 2 unspecified atom stereocenters. The molecular weight excluding hydrogens is 611 g/mol. The fourth-order valence-corrected chi connectivity index (χ4v) is 10.3. The first-order chi connectivity index (χ1) is 22.7. The van der Waals surface area contributed by atoms with Crippen molar-refractivity contribution < 1.29 is 24.2 Å². The molecule has 3 aliphatic heterocycles. The van der Waals surface area contributed by atoms with Gasteiger partial charge in [-0.05, 0) is 69.4 Å². The second kappa shape index (κ2) is 15.1. The lowest BCUT2D eigenvalue weighted by molar-refractivity contribution is -0.143. The summed E-state index contributed by atoms with van der Waals surface area (Å²) in [5, 5.41) is 9.28. The van der Waals surface area contributed by atoms with Crippen molar-refractivity contribution in [3.05, 3.63) is 85.5 Å². The van der Waals surface area contributed by atoms with Crippen LogP contribution in [0.1, 0.15) is 57.9 Å². The van der Waals surface area contributed by atoms with Crippen molar-refractivity contribution in [3.63, 3.8) is 0 Å². The Morgan fingerprint density at radius 3 is 2.36 bits per heavy atom. The Labute approximate surface area is 283 Å². The number of nitrogens with zero attached hydrogens (tertiary/aromatic N) is 3. The molecule has 1 N–H and O–H groups in total. The van der Waals surface area contributed by atoms with Crippen LogP contribution in [0.5, 0.6) is 5.75 Å². The van der Waals surface area contributed by atoms with E-state index in [9.17, 15) is 19.5 Å². The van der Waals surface area contributed by atoms with E-state index in [0.717, 1.165) is 42.7 Å². The van der Waals surface area contributed by atoms with Gasteiger partial charge in [0.25, 0.3) is 0 Å². The van der Waals surface area contributed by atoms with Crippen molar-refractivity contribution in [2.24, 2.45) is 11.8 Å². The van der Waals surface area contributed by atoms with E-state index in [0.29, 0.717) is 45.6 Å². The van der Waals surface area contributed by atoms with E-state index in [1.54, 1.807) is 33.7 Å². The molecule has 0 saturated carbocycles. The largest absolute Gasteiger partial charge is 0.494 e. The number of aliphatic hydroxyl groups is 1. The lowest BCUT2D eigenvalue weighted by Crippen LogP contribution is -2.55. The Kier molecular flexibility index (Phi) is 11.2. The maximum Gasteiger partial charge on any atom is 0.247 e. The van der Waals surface area contributed by atoms with E-state index in [1.165, 1.54) is 0 Å². The Balaban J connectivity index is 1.51. The molecule has 0 aromatic heterocycles. The number of hydrogen-bond acceptors (Lipinski definition) is 6. The highest BCUT2D eigenvalue weighted by Crippen LogP contribution is 2.71. The van der Waals surface area contributed by atoms with Gasteiger partial charge in [0.15, 0.2) is 0 Å². The van der Waals surface area contributed by atoms with Crippen LogP contribution >= 0.6 is 11.8 Å². The number of likely N-dealkylation sites (tertiary alicyclic amines) is 1. The second-order valence-corrected chi connectivity index (χ2v) is 15.0. The monoisotopic (exact) mass is 659 g/mol. The molecule has 3 fully saturated rings. The Bertz CT molecular complexity index is 1430. The fourth-order valence-electron chi connectivity index (χ4n) is 7.94. The SMILES string of the molecule is C=CCN(Cc1ccccc1)C(=O)C1N(CCCCCCO)C(=O)[C@@H]2[C@@H](C(=O)N(CC=C)c3ccc(OCC)cc3)[C@@]3(C)CCC12S3. The summed E-state index contributed by atoms with van der Waals surface area (Å²) >= 11 is 1.70. The van der Waals surface area contributed by atoms with Crippen LogP contribution in [0.4, 0.5) is 5.69 Å². The summed E-state index contributed by atoms with van der Waals surface area (Å²) in [6.07, 6.45) is 8.04. The van der Waals surface area contributed by atoms with Gasteiger partial charge in [0.1, 0.15) is 11.8 Å². The average Bonchev–Trinajstić information content (AvgIpc) is 3.64. The summed E-state index contributed by atoms with van der Waals surface area (Å²) in [4.78, 5) is 49.6. The molecule has 1 spiro atoms. The minimum atomic E-state index is -0.705. The third kappa shape index (κ3) is 6.74. The van der Waals surface area contributed by atoms with Crippen LogP contribution in [-0.4, -0.2) is 81.0 Å². The highest BCUT2D eigenvalue weighted by atomic mass is 32.2. The van der Waals surface area contributed by atoms with Crippen LogP contribution in [0.25, 0.3) is 0 Å². The Morgan fingerprint density at radius 2 is 1.70 bits per heavy atom. The Morgan fingerprint density at radius 1 is 1.00 bits per heavy atom. The maximum absolute atomic E-state index is 14.8. The van der Waals surface area contributed by atoms with E-state index in [-0.39, 0.29) is 24.3 Å². The van der Waals surface area contributed by atoms with Crippen LogP contribution in [0, 0.1) is 11.8 Å². The number of rotatable bonds is 17. The van der Waals surface area contributed by atoms with Gasteiger partial charge in [0.05, 0.1) is 23.2 Å². The minimum absolute atomic E-state index is 0.0840. The van der Waals surface area contributed by atoms with Crippen molar-refractivity contribution in [2.45, 2.75) is 74.5 Å². The summed E-state index contributed by atoms with van der Waals surface area (Å²) in [5.41, 5.74) is 1.73. The van der Waals surface area contributed by atoms with E-state index < -0.39 is 27.4 Å². The number of anilines is 1. The van der Waals surface area contributed by atoms with Gasteiger partial charge in [-0.1, -0.05) is 55.3 Å². The highest BCUT2D eigenvalue weighted by Gasteiger charge is 2.77.